The number of hydrogen-bond acceptors (Lipinski definition) is 2. The number of carbonyl (C=O) groups is 1. The normalized spacial score (nSPS) is 11.4. The summed E-state index contributed by atoms with van der Waals surface area (Å²) in [6, 6.07) is 3.48. The number of aromatic amines is 1. The number of amides is 1. The molecule has 0 spiro atoms. The highest BCUT2D eigenvalue weighted by atomic mass is 16.3. The first kappa shape index (κ1) is 11.8. The van der Waals surface area contributed by atoms with Crippen molar-refractivity contribution in [2.45, 2.75) is 32.2 Å². The van der Waals surface area contributed by atoms with Crippen LogP contribution in [0.5, 0.6) is 0 Å². The summed E-state index contributed by atoms with van der Waals surface area (Å²) in [6.07, 6.45) is 3.13. The van der Waals surface area contributed by atoms with Crippen molar-refractivity contribution in [2.24, 2.45) is 0 Å². The summed E-state index contributed by atoms with van der Waals surface area (Å²) in [5.41, 5.74) is 0.0251. The second kappa shape index (κ2) is 4.98. The summed E-state index contributed by atoms with van der Waals surface area (Å²) < 4.78 is 0. The van der Waals surface area contributed by atoms with E-state index in [0.717, 1.165) is 0 Å². The Morgan fingerprint density at radius 1 is 1.53 bits per heavy atom. The third-order valence-electron chi connectivity index (χ3n) is 2.88. The van der Waals surface area contributed by atoms with Crippen molar-refractivity contribution in [2.75, 3.05) is 6.61 Å². The number of H-pyrrole nitrogens is 1. The lowest BCUT2D eigenvalue weighted by Crippen LogP contribution is -2.50. The summed E-state index contributed by atoms with van der Waals surface area (Å²) in [5, 5.41) is 12.2. The molecule has 4 heteroatoms. The lowest BCUT2D eigenvalue weighted by Gasteiger charge is -2.30. The molecular formula is C11H18N2O2. The SMILES string of the molecule is CCC(CC)(CO)NC(=O)c1ccc[nH]1. The average molecular weight is 210 g/mol. The molecule has 0 atom stereocenters. The van der Waals surface area contributed by atoms with Gasteiger partial charge in [-0.3, -0.25) is 4.79 Å². The van der Waals surface area contributed by atoms with E-state index >= 15 is 0 Å². The van der Waals surface area contributed by atoms with E-state index in [2.05, 4.69) is 10.3 Å². The van der Waals surface area contributed by atoms with Crippen LogP contribution in [0.4, 0.5) is 0 Å². The van der Waals surface area contributed by atoms with E-state index in [0.29, 0.717) is 18.5 Å². The van der Waals surface area contributed by atoms with E-state index in [4.69, 9.17) is 0 Å². The van der Waals surface area contributed by atoms with Crippen molar-refractivity contribution in [1.29, 1.82) is 0 Å². The van der Waals surface area contributed by atoms with Gasteiger partial charge in [0.05, 0.1) is 12.1 Å². The van der Waals surface area contributed by atoms with Crippen molar-refractivity contribution in [1.82, 2.24) is 10.3 Å². The first-order valence-corrected chi connectivity index (χ1v) is 5.24. The summed E-state index contributed by atoms with van der Waals surface area (Å²) in [5.74, 6) is -0.169. The largest absolute Gasteiger partial charge is 0.394 e. The van der Waals surface area contributed by atoms with E-state index in [-0.39, 0.29) is 12.5 Å². The monoisotopic (exact) mass is 210 g/mol. The highest BCUT2D eigenvalue weighted by Crippen LogP contribution is 2.14. The number of aromatic nitrogens is 1. The minimum Gasteiger partial charge on any atom is -0.394 e. The Morgan fingerprint density at radius 2 is 2.20 bits per heavy atom. The second-order valence-corrected chi connectivity index (χ2v) is 3.68. The minimum atomic E-state index is -0.498. The Bertz CT molecular complexity index is 294. The zero-order valence-electron chi connectivity index (χ0n) is 9.21. The molecule has 0 fully saturated rings. The fraction of sp³-hybridized carbons (Fsp3) is 0.545. The van der Waals surface area contributed by atoms with E-state index < -0.39 is 5.54 Å². The maximum atomic E-state index is 11.7. The minimum absolute atomic E-state index is 0.0353. The molecule has 0 aliphatic heterocycles. The van der Waals surface area contributed by atoms with Crippen molar-refractivity contribution in [3.8, 4) is 0 Å². The fourth-order valence-corrected chi connectivity index (χ4v) is 1.47. The zero-order valence-corrected chi connectivity index (χ0v) is 9.21. The Kier molecular flexibility index (Phi) is 3.91. The quantitative estimate of drug-likeness (QED) is 0.685. The van der Waals surface area contributed by atoms with Crippen molar-refractivity contribution in [3.05, 3.63) is 24.0 Å². The molecule has 0 radical (unpaired) electrons. The third-order valence-corrected chi connectivity index (χ3v) is 2.88. The lowest BCUT2D eigenvalue weighted by molar-refractivity contribution is 0.0813. The highest BCUT2D eigenvalue weighted by Gasteiger charge is 2.27. The smallest absolute Gasteiger partial charge is 0.268 e. The van der Waals surface area contributed by atoms with Gasteiger partial charge in [-0.05, 0) is 25.0 Å². The summed E-state index contributed by atoms with van der Waals surface area (Å²) in [6.45, 7) is 3.87. The van der Waals surface area contributed by atoms with Gasteiger partial charge in [-0.15, -0.1) is 0 Å². The molecule has 1 amide bonds. The first-order chi connectivity index (χ1) is 7.17. The van der Waals surface area contributed by atoms with Gasteiger partial charge < -0.3 is 15.4 Å². The molecule has 0 saturated carbocycles. The van der Waals surface area contributed by atoms with Crippen LogP contribution in [0, 0.1) is 0 Å². The fourth-order valence-electron chi connectivity index (χ4n) is 1.47. The van der Waals surface area contributed by atoms with Crippen LogP contribution in [0.15, 0.2) is 18.3 Å². The average Bonchev–Trinajstić information content (AvgIpc) is 2.79. The van der Waals surface area contributed by atoms with Crippen LogP contribution in [-0.2, 0) is 0 Å². The van der Waals surface area contributed by atoms with Crippen LogP contribution in [0.2, 0.25) is 0 Å². The molecular weight excluding hydrogens is 192 g/mol. The molecule has 0 saturated heterocycles. The second-order valence-electron chi connectivity index (χ2n) is 3.68. The Labute approximate surface area is 89.7 Å². The van der Waals surface area contributed by atoms with Gasteiger partial charge in [0.2, 0.25) is 0 Å². The van der Waals surface area contributed by atoms with Gasteiger partial charge >= 0.3 is 0 Å². The summed E-state index contributed by atoms with van der Waals surface area (Å²) in [7, 11) is 0. The van der Waals surface area contributed by atoms with Gasteiger partial charge in [0.1, 0.15) is 5.69 Å². The van der Waals surface area contributed by atoms with Crippen LogP contribution in [0.25, 0.3) is 0 Å². The first-order valence-electron chi connectivity index (χ1n) is 5.24. The standard InChI is InChI=1S/C11H18N2O2/c1-3-11(4-2,8-14)13-10(15)9-6-5-7-12-9/h5-7,12,14H,3-4,8H2,1-2H3,(H,13,15). The molecule has 15 heavy (non-hydrogen) atoms. The van der Waals surface area contributed by atoms with Crippen molar-refractivity contribution >= 4 is 5.91 Å². The molecule has 1 aromatic rings. The predicted octanol–water partition coefficient (Wildman–Crippen LogP) is 1.30. The van der Waals surface area contributed by atoms with E-state index in [1.54, 1.807) is 18.3 Å². The lowest BCUT2D eigenvalue weighted by atomic mass is 9.94. The molecule has 3 N–H and O–H groups in total. The predicted molar refractivity (Wildman–Crippen MR) is 58.7 cm³/mol. The molecule has 1 heterocycles. The van der Waals surface area contributed by atoms with Gasteiger partial charge in [0.15, 0.2) is 0 Å². The third kappa shape index (κ3) is 2.59. The number of aliphatic hydroxyl groups is 1. The van der Waals surface area contributed by atoms with Gasteiger partial charge in [-0.1, -0.05) is 13.8 Å². The number of aliphatic hydroxyl groups excluding tert-OH is 1. The highest BCUT2D eigenvalue weighted by molar-refractivity contribution is 5.92. The van der Waals surface area contributed by atoms with Gasteiger partial charge in [0.25, 0.3) is 5.91 Å². The maximum Gasteiger partial charge on any atom is 0.268 e. The topological polar surface area (TPSA) is 65.1 Å². The van der Waals surface area contributed by atoms with Crippen LogP contribution >= 0.6 is 0 Å². The van der Waals surface area contributed by atoms with Gasteiger partial charge in [-0.25, -0.2) is 0 Å². The summed E-state index contributed by atoms with van der Waals surface area (Å²) in [4.78, 5) is 14.6. The molecule has 0 aromatic carbocycles. The van der Waals surface area contributed by atoms with Crippen LogP contribution < -0.4 is 5.32 Å². The van der Waals surface area contributed by atoms with Crippen LogP contribution in [0.3, 0.4) is 0 Å². The van der Waals surface area contributed by atoms with Crippen molar-refractivity contribution in [3.63, 3.8) is 0 Å². The van der Waals surface area contributed by atoms with E-state index in [1.807, 2.05) is 13.8 Å². The zero-order chi connectivity index (χ0) is 11.3. The molecule has 0 aliphatic rings. The molecule has 4 nitrogen and oxygen atoms in total. The summed E-state index contributed by atoms with van der Waals surface area (Å²) >= 11 is 0. The van der Waals surface area contributed by atoms with Crippen LogP contribution in [-0.4, -0.2) is 28.1 Å². The Morgan fingerprint density at radius 3 is 2.60 bits per heavy atom. The molecule has 0 unspecified atom stereocenters. The molecule has 0 aliphatic carbocycles. The van der Waals surface area contributed by atoms with Crippen LogP contribution in [0.1, 0.15) is 37.2 Å². The maximum absolute atomic E-state index is 11.7. The molecule has 1 rings (SSSR count). The molecule has 84 valence electrons. The number of nitrogens with one attached hydrogen (secondary N) is 2. The number of hydrogen-bond donors (Lipinski definition) is 3. The Hall–Kier alpha value is -1.29. The van der Waals surface area contributed by atoms with Gasteiger partial charge in [-0.2, -0.15) is 0 Å². The van der Waals surface area contributed by atoms with Crippen molar-refractivity contribution < 1.29 is 9.90 Å². The number of rotatable bonds is 5. The molecule has 0 bridgehead atoms. The Balaban J connectivity index is 2.71. The van der Waals surface area contributed by atoms with E-state index in [1.165, 1.54) is 0 Å². The van der Waals surface area contributed by atoms with E-state index in [9.17, 15) is 9.90 Å². The molecule has 1 aromatic heterocycles. The van der Waals surface area contributed by atoms with Gasteiger partial charge in [0, 0.05) is 6.20 Å². The number of carbonyl (C=O) groups excluding carboxylic acids is 1.